The Kier molecular flexibility index (Phi) is 6.60. The number of nitrogens with zero attached hydrogens (tertiary/aromatic N) is 1. The van der Waals surface area contributed by atoms with Crippen molar-refractivity contribution in [2.75, 3.05) is 17.7 Å². The molecule has 0 aromatic heterocycles. The molecule has 6 nitrogen and oxygen atoms in total. The highest BCUT2D eigenvalue weighted by atomic mass is 16.3. The van der Waals surface area contributed by atoms with E-state index in [1.807, 2.05) is 19.9 Å². The van der Waals surface area contributed by atoms with Crippen LogP contribution in [0.25, 0.3) is 0 Å². The van der Waals surface area contributed by atoms with Crippen molar-refractivity contribution in [1.29, 1.82) is 0 Å². The SMILES string of the molecule is CC(C)CC(=O)Nc1ccc(NC(=O)N(C)Cc2ccccc2O)cc1. The normalized spacial score (nSPS) is 10.5. The maximum atomic E-state index is 12.3. The highest BCUT2D eigenvalue weighted by Gasteiger charge is 2.11. The number of nitrogens with one attached hydrogen (secondary N) is 2. The molecule has 0 aliphatic heterocycles. The van der Waals surface area contributed by atoms with Gasteiger partial charge in [-0.25, -0.2) is 4.79 Å². The van der Waals surface area contributed by atoms with E-state index in [0.29, 0.717) is 35.8 Å². The Bertz CT molecular complexity index is 757. The van der Waals surface area contributed by atoms with Gasteiger partial charge in [-0.1, -0.05) is 32.0 Å². The monoisotopic (exact) mass is 355 g/mol. The lowest BCUT2D eigenvalue weighted by molar-refractivity contribution is -0.116. The molecule has 0 atom stereocenters. The largest absolute Gasteiger partial charge is 0.508 e. The first-order valence-electron chi connectivity index (χ1n) is 8.54. The van der Waals surface area contributed by atoms with Gasteiger partial charge in [0, 0.05) is 30.4 Å². The molecule has 138 valence electrons. The average Bonchev–Trinajstić information content (AvgIpc) is 2.57. The van der Waals surface area contributed by atoms with Crippen molar-refractivity contribution in [2.45, 2.75) is 26.8 Å². The second kappa shape index (κ2) is 8.89. The molecule has 3 N–H and O–H groups in total. The molecule has 2 aromatic carbocycles. The van der Waals surface area contributed by atoms with Crippen LogP contribution in [-0.2, 0) is 11.3 Å². The fraction of sp³-hybridized carbons (Fsp3) is 0.300. The van der Waals surface area contributed by atoms with Gasteiger partial charge >= 0.3 is 6.03 Å². The molecule has 0 aliphatic carbocycles. The van der Waals surface area contributed by atoms with Crippen LogP contribution in [0.4, 0.5) is 16.2 Å². The first kappa shape index (κ1) is 19.3. The van der Waals surface area contributed by atoms with E-state index in [4.69, 9.17) is 0 Å². The molecule has 0 bridgehead atoms. The maximum Gasteiger partial charge on any atom is 0.321 e. The lowest BCUT2D eigenvalue weighted by Crippen LogP contribution is -2.30. The summed E-state index contributed by atoms with van der Waals surface area (Å²) in [4.78, 5) is 25.5. The number of benzene rings is 2. The van der Waals surface area contributed by atoms with Gasteiger partial charge in [-0.15, -0.1) is 0 Å². The van der Waals surface area contributed by atoms with E-state index in [1.165, 1.54) is 4.90 Å². The third-order valence-corrected chi connectivity index (χ3v) is 3.76. The van der Waals surface area contributed by atoms with Crippen LogP contribution in [0.15, 0.2) is 48.5 Å². The van der Waals surface area contributed by atoms with E-state index in [-0.39, 0.29) is 17.7 Å². The van der Waals surface area contributed by atoms with E-state index < -0.39 is 0 Å². The molecule has 2 aromatic rings. The summed E-state index contributed by atoms with van der Waals surface area (Å²) in [6.07, 6.45) is 0.468. The first-order valence-corrected chi connectivity index (χ1v) is 8.54. The van der Waals surface area contributed by atoms with E-state index in [1.54, 1.807) is 49.5 Å². The number of amides is 3. The topological polar surface area (TPSA) is 81.7 Å². The predicted molar refractivity (Wildman–Crippen MR) is 103 cm³/mol. The van der Waals surface area contributed by atoms with Crippen molar-refractivity contribution in [1.82, 2.24) is 4.90 Å². The molecular weight excluding hydrogens is 330 g/mol. The van der Waals surface area contributed by atoms with Crippen molar-refractivity contribution in [3.05, 3.63) is 54.1 Å². The Balaban J connectivity index is 1.90. The molecular formula is C20H25N3O3. The second-order valence-electron chi connectivity index (χ2n) is 6.64. The van der Waals surface area contributed by atoms with Crippen LogP contribution in [0.5, 0.6) is 5.75 Å². The number of phenolic OH excluding ortho intramolecular Hbond substituents is 1. The standard InChI is InChI=1S/C20H25N3O3/c1-14(2)12-19(25)21-16-8-10-17(11-9-16)22-20(26)23(3)13-15-6-4-5-7-18(15)24/h4-11,14,24H,12-13H2,1-3H3,(H,21,25)(H,22,26). The highest BCUT2D eigenvalue weighted by molar-refractivity contribution is 5.92. The van der Waals surface area contributed by atoms with Gasteiger partial charge in [0.1, 0.15) is 5.75 Å². The number of urea groups is 1. The maximum absolute atomic E-state index is 12.3. The molecule has 6 heteroatoms. The zero-order valence-corrected chi connectivity index (χ0v) is 15.3. The number of para-hydroxylation sites is 1. The van der Waals surface area contributed by atoms with Gasteiger partial charge in [-0.2, -0.15) is 0 Å². The molecule has 0 heterocycles. The van der Waals surface area contributed by atoms with Gasteiger partial charge in [0.25, 0.3) is 0 Å². The summed E-state index contributed by atoms with van der Waals surface area (Å²) in [6.45, 7) is 4.27. The Hall–Kier alpha value is -3.02. The molecule has 0 fully saturated rings. The van der Waals surface area contributed by atoms with Crippen LogP contribution in [0.3, 0.4) is 0 Å². The number of carbonyl (C=O) groups excluding carboxylic acids is 2. The van der Waals surface area contributed by atoms with E-state index in [0.717, 1.165) is 0 Å². The van der Waals surface area contributed by atoms with Crippen molar-refractivity contribution in [3.8, 4) is 5.75 Å². The smallest absolute Gasteiger partial charge is 0.321 e. The minimum absolute atomic E-state index is 0.0285. The minimum Gasteiger partial charge on any atom is -0.508 e. The Labute approximate surface area is 153 Å². The summed E-state index contributed by atoms with van der Waals surface area (Å²) in [6, 6.07) is 13.6. The fourth-order valence-electron chi connectivity index (χ4n) is 2.41. The van der Waals surface area contributed by atoms with Crippen LogP contribution in [0.1, 0.15) is 25.8 Å². The third-order valence-electron chi connectivity index (χ3n) is 3.76. The van der Waals surface area contributed by atoms with Crippen molar-refractivity contribution >= 4 is 23.3 Å². The molecule has 0 aliphatic rings. The molecule has 0 saturated heterocycles. The minimum atomic E-state index is -0.287. The Morgan fingerprint density at radius 3 is 2.15 bits per heavy atom. The number of phenols is 1. The Morgan fingerprint density at radius 1 is 1.00 bits per heavy atom. The summed E-state index contributed by atoms with van der Waals surface area (Å²) < 4.78 is 0. The molecule has 0 saturated carbocycles. The highest BCUT2D eigenvalue weighted by Crippen LogP contribution is 2.18. The van der Waals surface area contributed by atoms with Gasteiger partial charge in [-0.3, -0.25) is 4.79 Å². The zero-order valence-electron chi connectivity index (χ0n) is 15.3. The molecule has 0 radical (unpaired) electrons. The van der Waals surface area contributed by atoms with Crippen LogP contribution in [-0.4, -0.2) is 29.0 Å². The van der Waals surface area contributed by atoms with Crippen LogP contribution >= 0.6 is 0 Å². The number of aromatic hydroxyl groups is 1. The molecule has 0 unspecified atom stereocenters. The van der Waals surface area contributed by atoms with Gasteiger partial charge in [0.15, 0.2) is 0 Å². The van der Waals surface area contributed by atoms with Crippen molar-refractivity contribution in [2.24, 2.45) is 5.92 Å². The van der Waals surface area contributed by atoms with Gasteiger partial charge in [-0.05, 0) is 36.2 Å². The Morgan fingerprint density at radius 2 is 1.58 bits per heavy atom. The second-order valence-corrected chi connectivity index (χ2v) is 6.64. The average molecular weight is 355 g/mol. The predicted octanol–water partition coefficient (Wildman–Crippen LogP) is 4.04. The molecule has 3 amide bonds. The summed E-state index contributed by atoms with van der Waals surface area (Å²) in [5.41, 5.74) is 1.99. The summed E-state index contributed by atoms with van der Waals surface area (Å²) >= 11 is 0. The summed E-state index contributed by atoms with van der Waals surface area (Å²) in [7, 11) is 1.66. The van der Waals surface area contributed by atoms with Crippen molar-refractivity contribution < 1.29 is 14.7 Å². The quantitative estimate of drug-likeness (QED) is 0.731. The number of hydrogen-bond donors (Lipinski definition) is 3. The molecule has 26 heavy (non-hydrogen) atoms. The number of anilines is 2. The zero-order chi connectivity index (χ0) is 19.1. The first-order chi connectivity index (χ1) is 12.3. The third kappa shape index (κ3) is 5.81. The number of rotatable bonds is 6. The molecule has 0 spiro atoms. The lowest BCUT2D eigenvalue weighted by atomic mass is 10.1. The van der Waals surface area contributed by atoms with Crippen molar-refractivity contribution in [3.63, 3.8) is 0 Å². The van der Waals surface area contributed by atoms with Crippen LogP contribution in [0, 0.1) is 5.92 Å². The summed E-state index contributed by atoms with van der Waals surface area (Å²) in [5.74, 6) is 0.431. The fourth-order valence-corrected chi connectivity index (χ4v) is 2.41. The van der Waals surface area contributed by atoms with Gasteiger partial charge in [0.05, 0.1) is 6.54 Å². The van der Waals surface area contributed by atoms with Gasteiger partial charge < -0.3 is 20.6 Å². The molecule has 2 rings (SSSR count). The number of hydrogen-bond acceptors (Lipinski definition) is 3. The van der Waals surface area contributed by atoms with E-state index in [9.17, 15) is 14.7 Å². The number of carbonyl (C=O) groups is 2. The lowest BCUT2D eigenvalue weighted by Gasteiger charge is -2.18. The van der Waals surface area contributed by atoms with E-state index >= 15 is 0 Å². The van der Waals surface area contributed by atoms with Crippen LogP contribution < -0.4 is 10.6 Å². The summed E-state index contributed by atoms with van der Waals surface area (Å²) in [5, 5.41) is 15.4. The van der Waals surface area contributed by atoms with Gasteiger partial charge in [0.2, 0.25) is 5.91 Å². The van der Waals surface area contributed by atoms with Crippen LogP contribution in [0.2, 0.25) is 0 Å². The van der Waals surface area contributed by atoms with E-state index in [2.05, 4.69) is 10.6 Å².